The fourth-order valence-electron chi connectivity index (χ4n) is 1.36. The molecule has 7 heteroatoms. The topological polar surface area (TPSA) is 97.8 Å². The van der Waals surface area contributed by atoms with E-state index >= 15 is 0 Å². The molecule has 0 aliphatic rings. The minimum absolute atomic E-state index is 0.124. The third kappa shape index (κ3) is 2.62. The number of aromatic amines is 1. The number of anilines is 2. The monoisotopic (exact) mass is 266 g/mol. The number of aromatic nitrogens is 2. The average molecular weight is 266 g/mol. The van der Waals surface area contributed by atoms with E-state index in [0.29, 0.717) is 15.6 Å². The predicted octanol–water partition coefficient (Wildman–Crippen LogP) is 1.53. The van der Waals surface area contributed by atoms with Crippen LogP contribution in [-0.4, -0.2) is 9.97 Å². The summed E-state index contributed by atoms with van der Waals surface area (Å²) < 4.78 is 13.2. The molecular formula is C11H11FN4OS. The molecule has 0 amide bonds. The third-order valence-electron chi connectivity index (χ3n) is 2.24. The van der Waals surface area contributed by atoms with Crippen LogP contribution in [0.1, 0.15) is 5.56 Å². The molecule has 0 fully saturated rings. The van der Waals surface area contributed by atoms with Gasteiger partial charge in [0.15, 0.2) is 5.16 Å². The van der Waals surface area contributed by atoms with Crippen LogP contribution in [-0.2, 0) is 0 Å². The van der Waals surface area contributed by atoms with Gasteiger partial charge in [-0.2, -0.15) is 0 Å². The first-order chi connectivity index (χ1) is 8.45. The van der Waals surface area contributed by atoms with Gasteiger partial charge in [-0.25, -0.2) is 9.37 Å². The maximum Gasteiger partial charge on any atom is 0.253 e. The van der Waals surface area contributed by atoms with E-state index in [2.05, 4.69) is 9.97 Å². The van der Waals surface area contributed by atoms with E-state index in [4.69, 9.17) is 11.5 Å². The second-order valence-electron chi connectivity index (χ2n) is 3.72. The molecule has 1 aromatic heterocycles. The van der Waals surface area contributed by atoms with Crippen molar-refractivity contribution < 1.29 is 4.39 Å². The first kappa shape index (κ1) is 12.4. The number of nitrogen functional groups attached to an aromatic ring is 2. The number of nitrogens with one attached hydrogen (secondary N) is 1. The van der Waals surface area contributed by atoms with Crippen LogP contribution in [0.4, 0.5) is 15.9 Å². The minimum Gasteiger partial charge on any atom is -0.398 e. The van der Waals surface area contributed by atoms with Gasteiger partial charge in [-0.3, -0.25) is 4.79 Å². The van der Waals surface area contributed by atoms with Crippen molar-refractivity contribution in [3.8, 4) is 0 Å². The largest absolute Gasteiger partial charge is 0.398 e. The number of rotatable bonds is 2. The van der Waals surface area contributed by atoms with E-state index in [9.17, 15) is 9.18 Å². The molecule has 2 aromatic rings. The van der Waals surface area contributed by atoms with Gasteiger partial charge in [0.25, 0.3) is 5.56 Å². The molecule has 2 rings (SSSR count). The SMILES string of the molecule is Cc1cc(Sc2nc(N)cc(=O)[nH]2)c(N)cc1F. The van der Waals surface area contributed by atoms with E-state index in [0.717, 1.165) is 11.8 Å². The lowest BCUT2D eigenvalue weighted by atomic mass is 10.2. The third-order valence-corrected chi connectivity index (χ3v) is 3.20. The Bertz CT molecular complexity index is 656. The first-order valence-electron chi connectivity index (χ1n) is 5.06. The first-order valence-corrected chi connectivity index (χ1v) is 5.87. The van der Waals surface area contributed by atoms with Crippen LogP contribution in [0.15, 0.2) is 33.0 Å². The molecule has 0 aliphatic carbocycles. The maximum atomic E-state index is 13.2. The number of halogens is 1. The zero-order valence-electron chi connectivity index (χ0n) is 9.53. The fraction of sp³-hybridized carbons (Fsp3) is 0.0909. The lowest BCUT2D eigenvalue weighted by Gasteiger charge is -2.07. The normalized spacial score (nSPS) is 10.6. The quantitative estimate of drug-likeness (QED) is 0.565. The Labute approximate surface area is 106 Å². The second-order valence-corrected chi connectivity index (χ2v) is 4.75. The van der Waals surface area contributed by atoms with Crippen molar-refractivity contribution >= 4 is 23.3 Å². The van der Waals surface area contributed by atoms with Gasteiger partial charge in [-0.15, -0.1) is 0 Å². The summed E-state index contributed by atoms with van der Waals surface area (Å²) >= 11 is 1.13. The molecule has 0 spiro atoms. The fourth-order valence-corrected chi connectivity index (χ4v) is 2.29. The van der Waals surface area contributed by atoms with Crippen LogP contribution in [0.2, 0.25) is 0 Å². The molecule has 1 heterocycles. The Balaban J connectivity index is 2.39. The summed E-state index contributed by atoms with van der Waals surface area (Å²) in [4.78, 5) is 18.3. The van der Waals surface area contributed by atoms with Gasteiger partial charge in [0.2, 0.25) is 0 Å². The molecule has 0 aliphatic heterocycles. The van der Waals surface area contributed by atoms with E-state index < -0.39 is 0 Å². The summed E-state index contributed by atoms with van der Waals surface area (Å²) in [5.74, 6) is -0.246. The van der Waals surface area contributed by atoms with Gasteiger partial charge in [0.05, 0.1) is 0 Å². The van der Waals surface area contributed by atoms with E-state index in [-0.39, 0.29) is 22.9 Å². The standard InChI is InChI=1S/C11H11FN4OS/c1-5-2-8(7(13)3-6(5)12)18-11-15-9(14)4-10(17)16-11/h2-4H,13H2,1H3,(H3,14,15,16,17). The molecule has 0 unspecified atom stereocenters. The minimum atomic E-state index is -0.370. The van der Waals surface area contributed by atoms with Crippen LogP contribution >= 0.6 is 11.8 Å². The molecule has 18 heavy (non-hydrogen) atoms. The highest BCUT2D eigenvalue weighted by Gasteiger charge is 2.08. The average Bonchev–Trinajstić information content (AvgIpc) is 2.24. The zero-order chi connectivity index (χ0) is 13.3. The van der Waals surface area contributed by atoms with Crippen LogP contribution in [0.5, 0.6) is 0 Å². The number of hydrogen-bond acceptors (Lipinski definition) is 5. The van der Waals surface area contributed by atoms with Crippen LogP contribution in [0.25, 0.3) is 0 Å². The lowest BCUT2D eigenvalue weighted by Crippen LogP contribution is -2.09. The Morgan fingerprint density at radius 3 is 2.72 bits per heavy atom. The van der Waals surface area contributed by atoms with Gasteiger partial charge in [0, 0.05) is 16.6 Å². The molecule has 5 N–H and O–H groups in total. The zero-order valence-corrected chi connectivity index (χ0v) is 10.3. The number of benzene rings is 1. The molecule has 0 atom stereocenters. The van der Waals surface area contributed by atoms with Crippen molar-refractivity contribution in [2.45, 2.75) is 17.0 Å². The number of hydrogen-bond donors (Lipinski definition) is 3. The van der Waals surface area contributed by atoms with E-state index in [1.54, 1.807) is 13.0 Å². The maximum absolute atomic E-state index is 13.2. The summed E-state index contributed by atoms with van der Waals surface area (Å²) in [6.07, 6.45) is 0. The summed E-state index contributed by atoms with van der Waals surface area (Å²) in [5.41, 5.74) is 11.6. The molecule has 0 saturated carbocycles. The molecule has 5 nitrogen and oxygen atoms in total. The van der Waals surface area contributed by atoms with Gasteiger partial charge in [0.1, 0.15) is 11.6 Å². The summed E-state index contributed by atoms with van der Waals surface area (Å²) in [5, 5.41) is 0.317. The second kappa shape index (κ2) is 4.69. The number of H-pyrrole nitrogens is 1. The van der Waals surface area contributed by atoms with Gasteiger partial charge >= 0.3 is 0 Å². The highest BCUT2D eigenvalue weighted by atomic mass is 32.2. The number of nitrogens with two attached hydrogens (primary N) is 2. The molecular weight excluding hydrogens is 255 g/mol. The van der Waals surface area contributed by atoms with E-state index in [1.807, 2.05) is 0 Å². The summed E-state index contributed by atoms with van der Waals surface area (Å²) in [6.45, 7) is 1.63. The Morgan fingerprint density at radius 1 is 1.33 bits per heavy atom. The van der Waals surface area contributed by atoms with Crippen molar-refractivity contribution in [2.24, 2.45) is 0 Å². The molecule has 1 aromatic carbocycles. The van der Waals surface area contributed by atoms with Crippen molar-refractivity contribution in [1.82, 2.24) is 9.97 Å². The van der Waals surface area contributed by atoms with Crippen molar-refractivity contribution in [3.05, 3.63) is 39.9 Å². The molecule has 0 bridgehead atoms. The van der Waals surface area contributed by atoms with Crippen molar-refractivity contribution in [3.63, 3.8) is 0 Å². The van der Waals surface area contributed by atoms with Gasteiger partial charge in [-0.05, 0) is 36.4 Å². The Morgan fingerprint density at radius 2 is 2.06 bits per heavy atom. The molecule has 0 saturated heterocycles. The molecule has 0 radical (unpaired) electrons. The van der Waals surface area contributed by atoms with Crippen LogP contribution in [0, 0.1) is 12.7 Å². The van der Waals surface area contributed by atoms with Crippen molar-refractivity contribution in [2.75, 3.05) is 11.5 Å². The summed E-state index contributed by atoms with van der Waals surface area (Å²) in [6, 6.07) is 4.02. The van der Waals surface area contributed by atoms with E-state index in [1.165, 1.54) is 12.1 Å². The highest BCUT2D eigenvalue weighted by molar-refractivity contribution is 7.99. The predicted molar refractivity (Wildman–Crippen MR) is 68.9 cm³/mol. The Hall–Kier alpha value is -2.02. The summed E-state index contributed by atoms with van der Waals surface area (Å²) in [7, 11) is 0. The number of nitrogens with zero attached hydrogens (tertiary/aromatic N) is 1. The van der Waals surface area contributed by atoms with Crippen LogP contribution < -0.4 is 17.0 Å². The Kier molecular flexibility index (Phi) is 3.24. The lowest BCUT2D eigenvalue weighted by molar-refractivity contribution is 0.618. The molecule has 94 valence electrons. The smallest absolute Gasteiger partial charge is 0.253 e. The van der Waals surface area contributed by atoms with Gasteiger partial charge < -0.3 is 16.5 Å². The number of aryl methyl sites for hydroxylation is 1. The van der Waals surface area contributed by atoms with Gasteiger partial charge in [-0.1, -0.05) is 0 Å². The van der Waals surface area contributed by atoms with Crippen LogP contribution in [0.3, 0.4) is 0 Å². The highest BCUT2D eigenvalue weighted by Crippen LogP contribution is 2.31. The van der Waals surface area contributed by atoms with Crippen molar-refractivity contribution in [1.29, 1.82) is 0 Å².